The van der Waals surface area contributed by atoms with Gasteiger partial charge in [0.25, 0.3) is 0 Å². The first-order valence-corrected chi connectivity index (χ1v) is 7.97. The van der Waals surface area contributed by atoms with Gasteiger partial charge in [0.05, 0.1) is 0 Å². The summed E-state index contributed by atoms with van der Waals surface area (Å²) in [5.41, 5.74) is 1.64. The molecule has 1 aromatic heterocycles. The van der Waals surface area contributed by atoms with E-state index in [0.717, 1.165) is 12.5 Å². The molecule has 1 atom stereocenters. The van der Waals surface area contributed by atoms with E-state index in [1.165, 1.54) is 44.9 Å². The molecule has 1 aromatic rings. The Balaban J connectivity index is 1.46. The third-order valence-electron chi connectivity index (χ3n) is 4.33. The molecule has 1 heterocycles. The maximum absolute atomic E-state index is 3.70. The van der Waals surface area contributed by atoms with E-state index in [9.17, 15) is 0 Å². The lowest BCUT2D eigenvalue weighted by Gasteiger charge is -2.28. The molecule has 1 fully saturated rings. The summed E-state index contributed by atoms with van der Waals surface area (Å²) in [4.78, 5) is 3.21. The van der Waals surface area contributed by atoms with Gasteiger partial charge in [-0.25, -0.2) is 0 Å². The largest absolute Gasteiger partial charge is 0.309 e. The maximum atomic E-state index is 3.70. The SMILES string of the molecule is CC(CC1CCC1)NCc1cc2c(s1)CCC2. The normalized spacial score (nSPS) is 21.2. The summed E-state index contributed by atoms with van der Waals surface area (Å²) in [5.74, 6) is 1.02. The molecule has 1 nitrogen and oxygen atoms in total. The fourth-order valence-corrected chi connectivity index (χ4v) is 4.28. The molecule has 0 radical (unpaired) electrons. The van der Waals surface area contributed by atoms with E-state index in [0.29, 0.717) is 6.04 Å². The highest BCUT2D eigenvalue weighted by Gasteiger charge is 2.20. The van der Waals surface area contributed by atoms with Crippen LogP contribution in [0.5, 0.6) is 0 Å². The number of hydrogen-bond donors (Lipinski definition) is 1. The highest BCUT2D eigenvalue weighted by atomic mass is 32.1. The lowest BCUT2D eigenvalue weighted by molar-refractivity contribution is 0.266. The monoisotopic (exact) mass is 249 g/mol. The average molecular weight is 249 g/mol. The van der Waals surface area contributed by atoms with Gasteiger partial charge in [-0.05, 0) is 50.2 Å². The van der Waals surface area contributed by atoms with Gasteiger partial charge in [0.1, 0.15) is 0 Å². The van der Waals surface area contributed by atoms with Gasteiger partial charge in [-0.2, -0.15) is 0 Å². The Kier molecular flexibility index (Phi) is 3.53. The molecule has 1 saturated carbocycles. The van der Waals surface area contributed by atoms with E-state index in [1.807, 2.05) is 11.3 Å². The molecule has 0 saturated heterocycles. The molecule has 0 aliphatic heterocycles. The van der Waals surface area contributed by atoms with Crippen LogP contribution in [-0.4, -0.2) is 6.04 Å². The van der Waals surface area contributed by atoms with Crippen LogP contribution < -0.4 is 5.32 Å². The minimum absolute atomic E-state index is 0.692. The smallest absolute Gasteiger partial charge is 0.0302 e. The molecule has 0 amide bonds. The van der Waals surface area contributed by atoms with Crippen LogP contribution in [0.4, 0.5) is 0 Å². The van der Waals surface area contributed by atoms with Crippen LogP contribution in [-0.2, 0) is 19.4 Å². The fraction of sp³-hybridized carbons (Fsp3) is 0.733. The number of thiophene rings is 1. The minimum atomic E-state index is 0.692. The second-order valence-corrected chi connectivity index (χ2v) is 7.05. The van der Waals surface area contributed by atoms with Crippen molar-refractivity contribution in [3.05, 3.63) is 21.4 Å². The van der Waals surface area contributed by atoms with Crippen LogP contribution in [0.3, 0.4) is 0 Å². The van der Waals surface area contributed by atoms with Crippen molar-refractivity contribution in [2.75, 3.05) is 0 Å². The predicted octanol–water partition coefficient (Wildman–Crippen LogP) is 3.91. The van der Waals surface area contributed by atoms with E-state index in [4.69, 9.17) is 0 Å². The molecule has 3 rings (SSSR count). The van der Waals surface area contributed by atoms with Gasteiger partial charge < -0.3 is 5.32 Å². The molecule has 0 spiro atoms. The Labute approximate surface area is 109 Å². The summed E-state index contributed by atoms with van der Waals surface area (Å²) in [5, 5.41) is 3.70. The molecule has 0 bridgehead atoms. The molecular weight excluding hydrogens is 226 g/mol. The Morgan fingerprint density at radius 1 is 1.35 bits per heavy atom. The maximum Gasteiger partial charge on any atom is 0.0302 e. The van der Waals surface area contributed by atoms with Gasteiger partial charge in [-0.3, -0.25) is 0 Å². The van der Waals surface area contributed by atoms with Crippen molar-refractivity contribution in [1.29, 1.82) is 0 Å². The number of nitrogens with one attached hydrogen (secondary N) is 1. The molecule has 2 aliphatic carbocycles. The lowest BCUT2D eigenvalue weighted by Crippen LogP contribution is -2.29. The Morgan fingerprint density at radius 3 is 2.94 bits per heavy atom. The van der Waals surface area contributed by atoms with Gasteiger partial charge in [0.2, 0.25) is 0 Å². The summed E-state index contributed by atoms with van der Waals surface area (Å²) < 4.78 is 0. The molecular formula is C15H23NS. The molecule has 2 heteroatoms. The highest BCUT2D eigenvalue weighted by Crippen LogP contribution is 2.32. The quantitative estimate of drug-likeness (QED) is 0.834. The van der Waals surface area contributed by atoms with E-state index < -0.39 is 0 Å². The first-order chi connectivity index (χ1) is 8.31. The first-order valence-electron chi connectivity index (χ1n) is 7.15. The summed E-state index contributed by atoms with van der Waals surface area (Å²) in [6.45, 7) is 3.44. The van der Waals surface area contributed by atoms with E-state index in [-0.39, 0.29) is 0 Å². The second-order valence-electron chi connectivity index (χ2n) is 5.83. The molecule has 0 aromatic carbocycles. The zero-order valence-corrected chi connectivity index (χ0v) is 11.6. The highest BCUT2D eigenvalue weighted by molar-refractivity contribution is 7.12. The van der Waals surface area contributed by atoms with Crippen LogP contribution in [0, 0.1) is 5.92 Å². The van der Waals surface area contributed by atoms with Crippen LogP contribution in [0.2, 0.25) is 0 Å². The van der Waals surface area contributed by atoms with E-state index in [2.05, 4.69) is 18.3 Å². The van der Waals surface area contributed by atoms with Crippen molar-refractivity contribution in [2.24, 2.45) is 5.92 Å². The van der Waals surface area contributed by atoms with Crippen molar-refractivity contribution in [3.63, 3.8) is 0 Å². The molecule has 94 valence electrons. The minimum Gasteiger partial charge on any atom is -0.309 e. The number of fused-ring (bicyclic) bond motifs is 1. The van der Waals surface area contributed by atoms with Crippen molar-refractivity contribution >= 4 is 11.3 Å². The third-order valence-corrected chi connectivity index (χ3v) is 5.57. The summed E-state index contributed by atoms with van der Waals surface area (Å²) in [7, 11) is 0. The number of hydrogen-bond acceptors (Lipinski definition) is 2. The molecule has 1 unspecified atom stereocenters. The Morgan fingerprint density at radius 2 is 2.24 bits per heavy atom. The Bertz CT molecular complexity index is 357. The van der Waals surface area contributed by atoms with Gasteiger partial charge in [-0.1, -0.05) is 19.3 Å². The first kappa shape index (κ1) is 11.7. The van der Waals surface area contributed by atoms with Crippen molar-refractivity contribution in [1.82, 2.24) is 5.32 Å². The zero-order valence-electron chi connectivity index (χ0n) is 10.8. The van der Waals surface area contributed by atoms with Crippen LogP contribution in [0.25, 0.3) is 0 Å². The van der Waals surface area contributed by atoms with Crippen molar-refractivity contribution in [2.45, 2.75) is 64.5 Å². The third kappa shape index (κ3) is 2.74. The van der Waals surface area contributed by atoms with E-state index >= 15 is 0 Å². The topological polar surface area (TPSA) is 12.0 Å². The number of aryl methyl sites for hydroxylation is 2. The number of rotatable bonds is 5. The van der Waals surface area contributed by atoms with Crippen LogP contribution in [0.1, 0.15) is 54.3 Å². The standard InChI is InChI=1S/C15H23NS/c1-11(8-12-4-2-5-12)16-10-14-9-13-6-3-7-15(13)17-14/h9,11-12,16H,2-8,10H2,1H3. The van der Waals surface area contributed by atoms with Crippen molar-refractivity contribution < 1.29 is 0 Å². The van der Waals surface area contributed by atoms with Gasteiger partial charge in [0.15, 0.2) is 0 Å². The average Bonchev–Trinajstić information content (AvgIpc) is 2.80. The second kappa shape index (κ2) is 5.11. The van der Waals surface area contributed by atoms with Gasteiger partial charge in [0, 0.05) is 22.3 Å². The summed E-state index contributed by atoms with van der Waals surface area (Å²) in [6.07, 6.45) is 9.83. The summed E-state index contributed by atoms with van der Waals surface area (Å²) in [6, 6.07) is 3.13. The zero-order chi connectivity index (χ0) is 11.7. The van der Waals surface area contributed by atoms with Gasteiger partial charge >= 0.3 is 0 Å². The molecule has 17 heavy (non-hydrogen) atoms. The van der Waals surface area contributed by atoms with E-state index in [1.54, 1.807) is 15.3 Å². The lowest BCUT2D eigenvalue weighted by atomic mass is 9.81. The van der Waals surface area contributed by atoms with Crippen LogP contribution >= 0.6 is 11.3 Å². The van der Waals surface area contributed by atoms with Gasteiger partial charge in [-0.15, -0.1) is 11.3 Å². The summed E-state index contributed by atoms with van der Waals surface area (Å²) >= 11 is 2.04. The van der Waals surface area contributed by atoms with Crippen molar-refractivity contribution in [3.8, 4) is 0 Å². The molecule has 1 N–H and O–H groups in total. The fourth-order valence-electron chi connectivity index (χ4n) is 3.06. The predicted molar refractivity (Wildman–Crippen MR) is 74.6 cm³/mol. The molecule has 2 aliphatic rings. The van der Waals surface area contributed by atoms with Crippen LogP contribution in [0.15, 0.2) is 6.07 Å². The Hall–Kier alpha value is -0.340.